The van der Waals surface area contributed by atoms with E-state index in [0.717, 1.165) is 47.7 Å². The topological polar surface area (TPSA) is 71.0 Å². The predicted molar refractivity (Wildman–Crippen MR) is 123 cm³/mol. The number of hydrogen-bond acceptors (Lipinski definition) is 5. The molecule has 31 heavy (non-hydrogen) atoms. The van der Waals surface area contributed by atoms with Gasteiger partial charge in [0.05, 0.1) is 11.9 Å². The van der Waals surface area contributed by atoms with Crippen molar-refractivity contribution < 1.29 is 4.79 Å². The first-order chi connectivity index (χ1) is 15.1. The van der Waals surface area contributed by atoms with Gasteiger partial charge < -0.3 is 10.2 Å². The van der Waals surface area contributed by atoms with Crippen LogP contribution in [0.4, 0.5) is 11.6 Å². The van der Waals surface area contributed by atoms with Gasteiger partial charge >= 0.3 is 0 Å². The summed E-state index contributed by atoms with van der Waals surface area (Å²) in [5.41, 5.74) is 4.74. The molecule has 1 aliphatic rings. The Balaban J connectivity index is 1.39. The van der Waals surface area contributed by atoms with Gasteiger partial charge in [-0.1, -0.05) is 30.3 Å². The highest BCUT2D eigenvalue weighted by Gasteiger charge is 2.24. The first-order valence-corrected chi connectivity index (χ1v) is 10.6. The number of benzene rings is 1. The molecule has 1 aliphatic heterocycles. The number of carbonyl (C=O) groups is 1. The minimum Gasteiger partial charge on any atom is -0.338 e. The fourth-order valence-electron chi connectivity index (χ4n) is 3.89. The number of likely N-dealkylation sites (tertiary alicyclic amines) is 1. The van der Waals surface area contributed by atoms with Crippen LogP contribution in [-0.2, 0) is 4.79 Å². The molecular formula is C25H27N5O. The fraction of sp³-hybridized carbons (Fsp3) is 0.280. The molecule has 4 rings (SSSR count). The van der Waals surface area contributed by atoms with Crippen LogP contribution in [0.5, 0.6) is 0 Å². The van der Waals surface area contributed by atoms with E-state index < -0.39 is 0 Å². The third-order valence-electron chi connectivity index (χ3n) is 5.39. The molecule has 1 saturated heterocycles. The van der Waals surface area contributed by atoms with E-state index in [1.807, 2.05) is 79.6 Å². The fourth-order valence-corrected chi connectivity index (χ4v) is 3.89. The Morgan fingerprint density at radius 1 is 1.10 bits per heavy atom. The van der Waals surface area contributed by atoms with E-state index in [4.69, 9.17) is 0 Å². The molecule has 3 heterocycles. The summed E-state index contributed by atoms with van der Waals surface area (Å²) in [6.45, 7) is 5.38. The number of amides is 1. The lowest BCUT2D eigenvalue weighted by molar-refractivity contribution is -0.127. The highest BCUT2D eigenvalue weighted by atomic mass is 16.2. The number of anilines is 2. The molecule has 0 aliphatic carbocycles. The monoisotopic (exact) mass is 413 g/mol. The molecule has 3 aromatic rings. The third-order valence-corrected chi connectivity index (χ3v) is 5.39. The van der Waals surface area contributed by atoms with Crippen molar-refractivity contribution in [2.75, 3.05) is 18.4 Å². The minimum atomic E-state index is 0.0544. The van der Waals surface area contributed by atoms with E-state index in [9.17, 15) is 4.79 Å². The lowest BCUT2D eigenvalue weighted by Crippen LogP contribution is -2.38. The minimum absolute atomic E-state index is 0.0544. The van der Waals surface area contributed by atoms with Crippen LogP contribution in [0.25, 0.3) is 6.08 Å². The molecule has 1 fully saturated rings. The lowest BCUT2D eigenvalue weighted by Gasteiger charge is -2.31. The molecule has 0 radical (unpaired) electrons. The summed E-state index contributed by atoms with van der Waals surface area (Å²) in [7, 11) is 0. The van der Waals surface area contributed by atoms with Gasteiger partial charge in [0, 0.05) is 42.2 Å². The van der Waals surface area contributed by atoms with Crippen molar-refractivity contribution in [1.29, 1.82) is 0 Å². The van der Waals surface area contributed by atoms with Crippen LogP contribution in [0.2, 0.25) is 0 Å². The van der Waals surface area contributed by atoms with Crippen molar-refractivity contribution in [1.82, 2.24) is 19.9 Å². The van der Waals surface area contributed by atoms with Crippen LogP contribution < -0.4 is 5.32 Å². The van der Waals surface area contributed by atoms with Gasteiger partial charge in [-0.3, -0.25) is 9.78 Å². The van der Waals surface area contributed by atoms with Crippen LogP contribution in [0.15, 0.2) is 60.8 Å². The number of nitrogens with one attached hydrogen (secondary N) is 1. The van der Waals surface area contributed by atoms with Crippen molar-refractivity contribution in [2.45, 2.75) is 32.6 Å². The lowest BCUT2D eigenvalue weighted by atomic mass is 9.94. The molecule has 1 N–H and O–H groups in total. The molecule has 1 atom stereocenters. The number of rotatable bonds is 5. The second-order valence-electron chi connectivity index (χ2n) is 7.94. The summed E-state index contributed by atoms with van der Waals surface area (Å²) in [5.74, 6) is 0.875. The molecular weight excluding hydrogens is 386 g/mol. The maximum Gasteiger partial charge on any atom is 0.246 e. The summed E-state index contributed by atoms with van der Waals surface area (Å²) >= 11 is 0. The first kappa shape index (κ1) is 20.7. The highest BCUT2D eigenvalue weighted by Crippen LogP contribution is 2.27. The number of hydrogen-bond donors (Lipinski definition) is 1. The predicted octanol–water partition coefficient (Wildman–Crippen LogP) is 4.65. The quantitative estimate of drug-likeness (QED) is 0.617. The van der Waals surface area contributed by atoms with Crippen molar-refractivity contribution in [2.24, 2.45) is 0 Å². The summed E-state index contributed by atoms with van der Waals surface area (Å²) in [6.07, 6.45) is 7.37. The van der Waals surface area contributed by atoms with Crippen molar-refractivity contribution in [3.63, 3.8) is 0 Å². The largest absolute Gasteiger partial charge is 0.338 e. The van der Waals surface area contributed by atoms with Gasteiger partial charge in [0.25, 0.3) is 0 Å². The number of pyridine rings is 1. The van der Waals surface area contributed by atoms with Crippen LogP contribution in [0.1, 0.15) is 41.4 Å². The second kappa shape index (κ2) is 9.51. The average molecular weight is 414 g/mol. The van der Waals surface area contributed by atoms with Gasteiger partial charge in [-0.25, -0.2) is 9.97 Å². The molecule has 1 amide bonds. The normalized spacial score (nSPS) is 16.5. The standard InChI is InChI=1S/C25H27N5O/c1-18-15-19(2)28-25(27-18)29-22-11-12-23(26-16-22)21-9-6-14-30(17-21)24(31)13-10-20-7-4-3-5-8-20/h3-5,7-8,10-13,15-16,21H,6,9,14,17H2,1-2H3,(H,27,28,29)/b13-10+/t21-/m0/s1. The van der Waals surface area contributed by atoms with E-state index in [2.05, 4.69) is 20.3 Å². The number of aromatic nitrogens is 3. The Bertz CT molecular complexity index is 1040. The molecule has 2 aromatic heterocycles. The number of nitrogens with zero attached hydrogens (tertiary/aromatic N) is 4. The third kappa shape index (κ3) is 5.54. The smallest absolute Gasteiger partial charge is 0.246 e. The van der Waals surface area contributed by atoms with Crippen LogP contribution >= 0.6 is 0 Å². The zero-order valence-electron chi connectivity index (χ0n) is 18.0. The Morgan fingerprint density at radius 2 is 1.87 bits per heavy atom. The van der Waals surface area contributed by atoms with Crippen molar-refractivity contribution >= 4 is 23.6 Å². The van der Waals surface area contributed by atoms with Crippen molar-refractivity contribution in [3.8, 4) is 0 Å². The Morgan fingerprint density at radius 3 is 2.58 bits per heavy atom. The summed E-state index contributed by atoms with van der Waals surface area (Å²) in [5, 5.41) is 3.22. The number of carbonyl (C=O) groups excluding carboxylic acids is 1. The molecule has 0 spiro atoms. The summed E-state index contributed by atoms with van der Waals surface area (Å²) in [4.78, 5) is 28.1. The SMILES string of the molecule is Cc1cc(C)nc(Nc2ccc([C@H]3CCCN(C(=O)/C=C/c4ccccc4)C3)nc2)n1. The van der Waals surface area contributed by atoms with Crippen LogP contribution in [-0.4, -0.2) is 38.8 Å². The van der Waals surface area contributed by atoms with Gasteiger partial charge in [-0.15, -0.1) is 0 Å². The zero-order valence-corrected chi connectivity index (χ0v) is 18.0. The first-order valence-electron chi connectivity index (χ1n) is 10.6. The molecule has 6 nitrogen and oxygen atoms in total. The molecule has 0 bridgehead atoms. The molecule has 6 heteroatoms. The molecule has 0 unspecified atom stereocenters. The van der Waals surface area contributed by atoms with E-state index in [0.29, 0.717) is 12.5 Å². The highest BCUT2D eigenvalue weighted by molar-refractivity contribution is 5.91. The average Bonchev–Trinajstić information content (AvgIpc) is 2.78. The maximum absolute atomic E-state index is 12.7. The number of piperidine rings is 1. The van der Waals surface area contributed by atoms with Gasteiger partial charge in [0.1, 0.15) is 0 Å². The van der Waals surface area contributed by atoms with E-state index in [-0.39, 0.29) is 11.8 Å². The maximum atomic E-state index is 12.7. The summed E-state index contributed by atoms with van der Waals surface area (Å²) in [6, 6.07) is 15.9. The number of aryl methyl sites for hydroxylation is 2. The van der Waals surface area contributed by atoms with Gasteiger partial charge in [0.2, 0.25) is 11.9 Å². The molecule has 158 valence electrons. The van der Waals surface area contributed by atoms with Gasteiger partial charge in [0.15, 0.2) is 0 Å². The zero-order chi connectivity index (χ0) is 21.6. The van der Waals surface area contributed by atoms with E-state index in [1.165, 1.54) is 0 Å². The Kier molecular flexibility index (Phi) is 6.36. The molecule has 1 aromatic carbocycles. The Labute approximate surface area is 183 Å². The second-order valence-corrected chi connectivity index (χ2v) is 7.94. The van der Waals surface area contributed by atoms with E-state index >= 15 is 0 Å². The van der Waals surface area contributed by atoms with Gasteiger partial charge in [-0.05, 0) is 56.5 Å². The Hall–Kier alpha value is -3.54. The van der Waals surface area contributed by atoms with E-state index in [1.54, 1.807) is 6.08 Å². The summed E-state index contributed by atoms with van der Waals surface area (Å²) < 4.78 is 0. The van der Waals surface area contributed by atoms with Crippen LogP contribution in [0, 0.1) is 13.8 Å². The van der Waals surface area contributed by atoms with Gasteiger partial charge in [-0.2, -0.15) is 0 Å². The molecule has 0 saturated carbocycles. The van der Waals surface area contributed by atoms with Crippen LogP contribution in [0.3, 0.4) is 0 Å². The van der Waals surface area contributed by atoms with Crippen molar-refractivity contribution in [3.05, 3.63) is 83.4 Å².